The first-order valence-electron chi connectivity index (χ1n) is 5.82. The lowest BCUT2D eigenvalue weighted by molar-refractivity contribution is 0.880. The Morgan fingerprint density at radius 1 is 1.24 bits per heavy atom. The molecule has 0 aliphatic carbocycles. The first kappa shape index (κ1) is 12.1. The molecule has 1 atom stereocenters. The summed E-state index contributed by atoms with van der Waals surface area (Å²) in [5.41, 5.74) is 3.57. The quantitative estimate of drug-likeness (QED) is 0.876. The summed E-state index contributed by atoms with van der Waals surface area (Å²) in [5.74, 6) is 0. The number of nitrogens with zero attached hydrogens (tertiary/aromatic N) is 1. The highest BCUT2D eigenvalue weighted by molar-refractivity contribution is 7.12. The van der Waals surface area contributed by atoms with E-state index < -0.39 is 0 Å². The Kier molecular flexibility index (Phi) is 3.48. The summed E-state index contributed by atoms with van der Waals surface area (Å²) < 4.78 is 0. The van der Waals surface area contributed by atoms with Gasteiger partial charge in [0, 0.05) is 33.4 Å². The van der Waals surface area contributed by atoms with Crippen LogP contribution in [0.2, 0.25) is 0 Å². The van der Waals surface area contributed by atoms with E-state index in [1.807, 2.05) is 30.5 Å². The Hall–Kier alpha value is -1.35. The van der Waals surface area contributed by atoms with Gasteiger partial charge in [-0.3, -0.25) is 4.98 Å². The Morgan fingerprint density at radius 2 is 2.00 bits per heavy atom. The van der Waals surface area contributed by atoms with Gasteiger partial charge in [0.15, 0.2) is 0 Å². The van der Waals surface area contributed by atoms with E-state index in [0.29, 0.717) is 6.04 Å². The van der Waals surface area contributed by atoms with E-state index in [4.69, 9.17) is 0 Å². The molecule has 0 fully saturated rings. The van der Waals surface area contributed by atoms with Crippen molar-refractivity contribution in [3.8, 4) is 0 Å². The third-order valence-electron chi connectivity index (χ3n) is 2.83. The highest BCUT2D eigenvalue weighted by Gasteiger charge is 2.10. The number of aryl methyl sites for hydroxylation is 3. The molecule has 90 valence electrons. The average molecular weight is 246 g/mol. The van der Waals surface area contributed by atoms with Crippen LogP contribution < -0.4 is 5.32 Å². The molecule has 0 aliphatic rings. The molecule has 1 N–H and O–H groups in total. The molecule has 0 aromatic carbocycles. The molecule has 0 bridgehead atoms. The number of nitrogens with one attached hydrogen (secondary N) is 1. The molecule has 0 aliphatic heterocycles. The maximum Gasteiger partial charge on any atom is 0.0496 e. The summed E-state index contributed by atoms with van der Waals surface area (Å²) in [6.45, 7) is 8.55. The Morgan fingerprint density at radius 3 is 2.59 bits per heavy atom. The van der Waals surface area contributed by atoms with Gasteiger partial charge in [0.1, 0.15) is 0 Å². The van der Waals surface area contributed by atoms with Gasteiger partial charge < -0.3 is 5.32 Å². The second-order valence-electron chi connectivity index (χ2n) is 4.42. The number of aromatic nitrogens is 1. The van der Waals surface area contributed by atoms with Crippen LogP contribution in [-0.4, -0.2) is 4.98 Å². The number of pyridine rings is 1. The molecule has 2 aromatic rings. The zero-order valence-electron chi connectivity index (χ0n) is 10.7. The minimum absolute atomic E-state index is 0.335. The molecule has 0 saturated heterocycles. The van der Waals surface area contributed by atoms with Gasteiger partial charge in [-0.2, -0.15) is 0 Å². The minimum Gasteiger partial charge on any atom is -0.378 e. The molecule has 0 spiro atoms. The van der Waals surface area contributed by atoms with Crippen LogP contribution in [0.5, 0.6) is 0 Å². The van der Waals surface area contributed by atoms with Crippen LogP contribution in [-0.2, 0) is 0 Å². The zero-order chi connectivity index (χ0) is 12.4. The van der Waals surface area contributed by atoms with Crippen LogP contribution in [0.15, 0.2) is 24.4 Å². The lowest BCUT2D eigenvalue weighted by Crippen LogP contribution is -2.06. The molecule has 0 radical (unpaired) electrons. The molecule has 2 rings (SSSR count). The van der Waals surface area contributed by atoms with Crippen LogP contribution in [0.25, 0.3) is 0 Å². The Balaban J connectivity index is 2.16. The highest BCUT2D eigenvalue weighted by atomic mass is 32.1. The predicted molar refractivity (Wildman–Crippen MR) is 74.8 cm³/mol. The minimum atomic E-state index is 0.335. The van der Waals surface area contributed by atoms with Gasteiger partial charge in [-0.1, -0.05) is 0 Å². The smallest absolute Gasteiger partial charge is 0.0496 e. The Bertz CT molecular complexity index is 517. The van der Waals surface area contributed by atoms with Crippen molar-refractivity contribution >= 4 is 17.0 Å². The summed E-state index contributed by atoms with van der Waals surface area (Å²) in [4.78, 5) is 6.97. The molecular formula is C14H18N2S. The average Bonchev–Trinajstić information content (AvgIpc) is 2.58. The fourth-order valence-electron chi connectivity index (χ4n) is 2.04. The van der Waals surface area contributed by atoms with E-state index in [0.717, 1.165) is 11.4 Å². The lowest BCUT2D eigenvalue weighted by Gasteiger charge is -2.15. The second kappa shape index (κ2) is 4.88. The van der Waals surface area contributed by atoms with Crippen molar-refractivity contribution in [2.45, 2.75) is 33.7 Å². The first-order chi connectivity index (χ1) is 8.06. The second-order valence-corrected chi connectivity index (χ2v) is 5.88. The van der Waals surface area contributed by atoms with Gasteiger partial charge in [-0.05, 0) is 51.5 Å². The van der Waals surface area contributed by atoms with E-state index in [1.165, 1.54) is 15.3 Å². The van der Waals surface area contributed by atoms with Crippen LogP contribution >= 0.6 is 11.3 Å². The van der Waals surface area contributed by atoms with E-state index in [2.05, 4.69) is 43.2 Å². The number of rotatable bonds is 3. The molecule has 1 unspecified atom stereocenters. The van der Waals surface area contributed by atoms with E-state index in [-0.39, 0.29) is 0 Å². The van der Waals surface area contributed by atoms with Crippen LogP contribution in [0, 0.1) is 20.8 Å². The lowest BCUT2D eigenvalue weighted by atomic mass is 10.1. The summed E-state index contributed by atoms with van der Waals surface area (Å²) in [5, 5.41) is 3.52. The van der Waals surface area contributed by atoms with Crippen molar-refractivity contribution in [1.29, 1.82) is 0 Å². The van der Waals surface area contributed by atoms with E-state index in [1.54, 1.807) is 0 Å². The number of hydrogen-bond acceptors (Lipinski definition) is 3. The van der Waals surface area contributed by atoms with E-state index >= 15 is 0 Å². The van der Waals surface area contributed by atoms with Crippen LogP contribution in [0.1, 0.15) is 34.0 Å². The normalized spacial score (nSPS) is 12.5. The number of thiophene rings is 1. The monoisotopic (exact) mass is 246 g/mol. The van der Waals surface area contributed by atoms with Crippen molar-refractivity contribution in [3.05, 3.63) is 45.4 Å². The van der Waals surface area contributed by atoms with Gasteiger partial charge in [0.25, 0.3) is 0 Å². The van der Waals surface area contributed by atoms with Gasteiger partial charge >= 0.3 is 0 Å². The van der Waals surface area contributed by atoms with Crippen molar-refractivity contribution in [2.75, 3.05) is 5.32 Å². The summed E-state index contributed by atoms with van der Waals surface area (Å²) in [6, 6.07) is 6.69. The fraction of sp³-hybridized carbons (Fsp3) is 0.357. The molecule has 3 heteroatoms. The number of hydrogen-bond donors (Lipinski definition) is 1. The zero-order valence-corrected chi connectivity index (χ0v) is 11.6. The molecule has 0 saturated carbocycles. The van der Waals surface area contributed by atoms with Crippen molar-refractivity contribution in [2.24, 2.45) is 0 Å². The molecule has 2 nitrogen and oxygen atoms in total. The van der Waals surface area contributed by atoms with Gasteiger partial charge in [-0.15, -0.1) is 11.3 Å². The molecule has 2 aromatic heterocycles. The topological polar surface area (TPSA) is 24.9 Å². The van der Waals surface area contributed by atoms with Crippen molar-refractivity contribution in [3.63, 3.8) is 0 Å². The summed E-state index contributed by atoms with van der Waals surface area (Å²) in [6.07, 6.45) is 1.84. The standard InChI is InChI=1S/C14H18N2S/c1-9-7-13(5-6-15-9)16-11(3)14-8-10(2)17-12(14)4/h5-8,11H,1-4H3,(H,15,16). The predicted octanol–water partition coefficient (Wildman–Crippen LogP) is 4.24. The first-order valence-corrected chi connectivity index (χ1v) is 6.64. The van der Waals surface area contributed by atoms with Gasteiger partial charge in [0.2, 0.25) is 0 Å². The summed E-state index contributed by atoms with van der Waals surface area (Å²) in [7, 11) is 0. The highest BCUT2D eigenvalue weighted by Crippen LogP contribution is 2.28. The van der Waals surface area contributed by atoms with Crippen LogP contribution in [0.3, 0.4) is 0 Å². The van der Waals surface area contributed by atoms with Crippen molar-refractivity contribution in [1.82, 2.24) is 4.98 Å². The third-order valence-corrected chi connectivity index (χ3v) is 3.81. The molecule has 17 heavy (non-hydrogen) atoms. The van der Waals surface area contributed by atoms with Crippen LogP contribution in [0.4, 0.5) is 5.69 Å². The number of anilines is 1. The van der Waals surface area contributed by atoms with Crippen molar-refractivity contribution < 1.29 is 0 Å². The van der Waals surface area contributed by atoms with E-state index in [9.17, 15) is 0 Å². The maximum absolute atomic E-state index is 4.20. The maximum atomic E-state index is 4.20. The summed E-state index contributed by atoms with van der Waals surface area (Å²) >= 11 is 1.86. The Labute approximate surface area is 107 Å². The van der Waals surface area contributed by atoms with Gasteiger partial charge in [0.05, 0.1) is 0 Å². The largest absolute Gasteiger partial charge is 0.378 e. The molecule has 2 heterocycles. The fourth-order valence-corrected chi connectivity index (χ4v) is 3.07. The SMILES string of the molecule is Cc1cc(NC(C)c2cc(C)sc2C)ccn1. The molecular weight excluding hydrogens is 228 g/mol. The molecule has 0 amide bonds. The third kappa shape index (κ3) is 2.86. The van der Waals surface area contributed by atoms with Gasteiger partial charge in [-0.25, -0.2) is 0 Å².